The number of carbonyl (C=O) groups excluding carboxylic acids is 1. The first-order chi connectivity index (χ1) is 8.69. The maximum atomic E-state index is 11.9. The highest BCUT2D eigenvalue weighted by molar-refractivity contribution is 5.89. The molecule has 2 rings (SSSR count). The van der Waals surface area contributed by atoms with E-state index in [4.69, 9.17) is 5.73 Å². The lowest BCUT2D eigenvalue weighted by Gasteiger charge is -2.19. The Morgan fingerprint density at radius 1 is 1.44 bits per heavy atom. The SMILES string of the molecule is Cc1cccc(NC(=O)NC2CCCC2CN)c1. The minimum atomic E-state index is -0.133. The fourth-order valence-corrected chi connectivity index (χ4v) is 2.57. The summed E-state index contributed by atoms with van der Waals surface area (Å²) in [4.78, 5) is 11.9. The summed E-state index contributed by atoms with van der Waals surface area (Å²) in [6.07, 6.45) is 3.30. The summed E-state index contributed by atoms with van der Waals surface area (Å²) in [7, 11) is 0. The number of amides is 2. The van der Waals surface area contributed by atoms with Crippen molar-refractivity contribution in [2.45, 2.75) is 32.2 Å². The molecule has 1 aliphatic rings. The number of hydrogen-bond donors (Lipinski definition) is 3. The minimum absolute atomic E-state index is 0.133. The zero-order chi connectivity index (χ0) is 13.0. The number of benzene rings is 1. The second-order valence-corrected chi connectivity index (χ2v) is 5.00. The Morgan fingerprint density at radius 3 is 3.00 bits per heavy atom. The van der Waals surface area contributed by atoms with Crippen LogP contribution in [0.3, 0.4) is 0 Å². The van der Waals surface area contributed by atoms with Crippen LogP contribution < -0.4 is 16.4 Å². The van der Waals surface area contributed by atoms with Crippen molar-refractivity contribution in [1.82, 2.24) is 5.32 Å². The molecule has 0 aromatic heterocycles. The number of urea groups is 1. The van der Waals surface area contributed by atoms with Gasteiger partial charge in [0, 0.05) is 11.7 Å². The molecule has 1 aliphatic carbocycles. The molecule has 4 heteroatoms. The fraction of sp³-hybridized carbons (Fsp3) is 0.500. The lowest BCUT2D eigenvalue weighted by molar-refractivity contribution is 0.245. The van der Waals surface area contributed by atoms with E-state index >= 15 is 0 Å². The molecule has 2 amide bonds. The van der Waals surface area contributed by atoms with Crippen molar-refractivity contribution < 1.29 is 4.79 Å². The summed E-state index contributed by atoms with van der Waals surface area (Å²) in [5.41, 5.74) is 7.66. The van der Waals surface area contributed by atoms with Crippen LogP contribution in [0.15, 0.2) is 24.3 Å². The van der Waals surface area contributed by atoms with Gasteiger partial charge in [0.15, 0.2) is 0 Å². The van der Waals surface area contributed by atoms with Gasteiger partial charge in [-0.05, 0) is 49.9 Å². The summed E-state index contributed by atoms with van der Waals surface area (Å²) in [6.45, 7) is 2.65. The standard InChI is InChI=1S/C14H21N3O/c1-10-4-2-6-12(8-10)16-14(18)17-13-7-3-5-11(13)9-15/h2,4,6,8,11,13H,3,5,7,9,15H2,1H3,(H2,16,17,18). The van der Waals surface area contributed by atoms with Crippen LogP contribution in [0.5, 0.6) is 0 Å². The number of nitrogens with one attached hydrogen (secondary N) is 2. The first-order valence-corrected chi connectivity index (χ1v) is 6.53. The van der Waals surface area contributed by atoms with Gasteiger partial charge in [-0.3, -0.25) is 0 Å². The van der Waals surface area contributed by atoms with Crippen molar-refractivity contribution in [1.29, 1.82) is 0 Å². The predicted molar refractivity (Wildman–Crippen MR) is 73.5 cm³/mol. The van der Waals surface area contributed by atoms with E-state index in [9.17, 15) is 4.79 Å². The zero-order valence-electron chi connectivity index (χ0n) is 10.8. The number of rotatable bonds is 3. The Labute approximate surface area is 108 Å². The van der Waals surface area contributed by atoms with Crippen LogP contribution in [0.2, 0.25) is 0 Å². The van der Waals surface area contributed by atoms with Crippen molar-refractivity contribution in [2.75, 3.05) is 11.9 Å². The molecule has 0 bridgehead atoms. The molecule has 4 nitrogen and oxygen atoms in total. The van der Waals surface area contributed by atoms with Crippen LogP contribution in [0.1, 0.15) is 24.8 Å². The fourth-order valence-electron chi connectivity index (χ4n) is 2.57. The highest BCUT2D eigenvalue weighted by Gasteiger charge is 2.27. The summed E-state index contributed by atoms with van der Waals surface area (Å²) in [5.74, 6) is 0.424. The van der Waals surface area contributed by atoms with E-state index in [0.717, 1.165) is 30.5 Å². The molecule has 4 N–H and O–H groups in total. The summed E-state index contributed by atoms with van der Waals surface area (Å²) < 4.78 is 0. The molecule has 0 saturated heterocycles. The highest BCUT2D eigenvalue weighted by atomic mass is 16.2. The number of hydrogen-bond acceptors (Lipinski definition) is 2. The molecular formula is C14H21N3O. The van der Waals surface area contributed by atoms with E-state index in [0.29, 0.717) is 12.5 Å². The highest BCUT2D eigenvalue weighted by Crippen LogP contribution is 2.24. The van der Waals surface area contributed by atoms with Crippen LogP contribution in [-0.4, -0.2) is 18.6 Å². The maximum absolute atomic E-state index is 11.9. The van der Waals surface area contributed by atoms with Gasteiger partial charge in [0.1, 0.15) is 0 Å². The molecule has 2 unspecified atom stereocenters. The van der Waals surface area contributed by atoms with Gasteiger partial charge in [-0.2, -0.15) is 0 Å². The predicted octanol–water partition coefficient (Wildman–Crippen LogP) is 2.24. The van der Waals surface area contributed by atoms with Crippen LogP contribution in [0.4, 0.5) is 10.5 Å². The first kappa shape index (κ1) is 12.9. The van der Waals surface area contributed by atoms with Gasteiger partial charge >= 0.3 is 6.03 Å². The maximum Gasteiger partial charge on any atom is 0.319 e. The molecular weight excluding hydrogens is 226 g/mol. The summed E-state index contributed by atoms with van der Waals surface area (Å²) >= 11 is 0. The van der Waals surface area contributed by atoms with Gasteiger partial charge < -0.3 is 16.4 Å². The van der Waals surface area contributed by atoms with Crippen molar-refractivity contribution in [3.05, 3.63) is 29.8 Å². The normalized spacial score (nSPS) is 22.8. The molecule has 0 aliphatic heterocycles. The van der Waals surface area contributed by atoms with E-state index in [2.05, 4.69) is 10.6 Å². The largest absolute Gasteiger partial charge is 0.335 e. The average Bonchev–Trinajstić information content (AvgIpc) is 2.76. The molecule has 18 heavy (non-hydrogen) atoms. The molecule has 0 heterocycles. The Hall–Kier alpha value is -1.55. The number of aryl methyl sites for hydroxylation is 1. The molecule has 0 spiro atoms. The molecule has 1 fully saturated rings. The topological polar surface area (TPSA) is 67.2 Å². The number of nitrogens with two attached hydrogens (primary N) is 1. The number of anilines is 1. The monoisotopic (exact) mass is 247 g/mol. The molecule has 1 aromatic carbocycles. The van der Waals surface area contributed by atoms with Gasteiger partial charge in [0.2, 0.25) is 0 Å². The van der Waals surface area contributed by atoms with E-state index in [1.165, 1.54) is 0 Å². The van der Waals surface area contributed by atoms with E-state index in [1.54, 1.807) is 0 Å². The van der Waals surface area contributed by atoms with Gasteiger partial charge in [-0.1, -0.05) is 18.6 Å². The smallest absolute Gasteiger partial charge is 0.319 e. The minimum Gasteiger partial charge on any atom is -0.335 e. The van der Waals surface area contributed by atoms with E-state index in [-0.39, 0.29) is 12.1 Å². The molecule has 0 radical (unpaired) electrons. The van der Waals surface area contributed by atoms with Gasteiger partial charge in [-0.15, -0.1) is 0 Å². The molecule has 1 saturated carbocycles. The summed E-state index contributed by atoms with van der Waals surface area (Å²) in [6, 6.07) is 7.87. The molecule has 2 atom stereocenters. The Bertz CT molecular complexity index is 419. The van der Waals surface area contributed by atoms with Crippen molar-refractivity contribution in [3.8, 4) is 0 Å². The van der Waals surface area contributed by atoms with Gasteiger partial charge in [0.25, 0.3) is 0 Å². The second kappa shape index (κ2) is 5.87. The molecule has 1 aromatic rings. The van der Waals surface area contributed by atoms with Crippen LogP contribution >= 0.6 is 0 Å². The second-order valence-electron chi connectivity index (χ2n) is 5.00. The third-order valence-electron chi connectivity index (χ3n) is 3.55. The summed E-state index contributed by atoms with van der Waals surface area (Å²) in [5, 5.41) is 5.88. The van der Waals surface area contributed by atoms with E-state index < -0.39 is 0 Å². The van der Waals surface area contributed by atoms with Crippen LogP contribution in [0.25, 0.3) is 0 Å². The van der Waals surface area contributed by atoms with Gasteiger partial charge in [-0.25, -0.2) is 4.79 Å². The number of carbonyl (C=O) groups is 1. The lowest BCUT2D eigenvalue weighted by atomic mass is 10.0. The lowest BCUT2D eigenvalue weighted by Crippen LogP contribution is -2.42. The Balaban J connectivity index is 1.89. The zero-order valence-corrected chi connectivity index (χ0v) is 10.8. The Morgan fingerprint density at radius 2 is 2.28 bits per heavy atom. The van der Waals surface area contributed by atoms with Crippen molar-refractivity contribution in [3.63, 3.8) is 0 Å². The van der Waals surface area contributed by atoms with Crippen LogP contribution in [0, 0.1) is 12.8 Å². The first-order valence-electron chi connectivity index (χ1n) is 6.53. The molecule has 98 valence electrons. The van der Waals surface area contributed by atoms with Gasteiger partial charge in [0.05, 0.1) is 0 Å². The van der Waals surface area contributed by atoms with Crippen molar-refractivity contribution in [2.24, 2.45) is 11.7 Å². The van der Waals surface area contributed by atoms with Crippen molar-refractivity contribution >= 4 is 11.7 Å². The van der Waals surface area contributed by atoms with Crippen LogP contribution in [-0.2, 0) is 0 Å². The third-order valence-corrected chi connectivity index (χ3v) is 3.55. The van der Waals surface area contributed by atoms with E-state index in [1.807, 2.05) is 31.2 Å². The third kappa shape index (κ3) is 3.23. The quantitative estimate of drug-likeness (QED) is 0.767. The average molecular weight is 247 g/mol. The Kier molecular flexibility index (Phi) is 4.20.